The second-order valence-electron chi connectivity index (χ2n) is 11.3. The number of benzene rings is 3. The van der Waals surface area contributed by atoms with Crippen LogP contribution in [0.3, 0.4) is 0 Å². The summed E-state index contributed by atoms with van der Waals surface area (Å²) in [6.07, 6.45) is 3.00. The first kappa shape index (κ1) is 29.9. The normalized spacial score (nSPS) is 16.1. The molecule has 1 aliphatic heterocycles. The smallest absolute Gasteiger partial charge is 0.329 e. The fraction of sp³-hybridized carbons (Fsp3) is 0.371. The number of nitrogens with zero attached hydrogens (tertiary/aromatic N) is 1. The van der Waals surface area contributed by atoms with Gasteiger partial charge < -0.3 is 9.64 Å². The number of Topliss-reactive ketones (excluding diaryl/α,β-unsaturated/α-hetero) is 1. The SMILES string of the molecule is CCC(C)(C)C(=O)C(=O)N1CCCC[C@H]1C(=O)O[C@H](CCc1ccccc1)c1cccc(C(=O)c2ccccc2)c1. The zero-order valence-corrected chi connectivity index (χ0v) is 24.2. The highest BCUT2D eigenvalue weighted by Gasteiger charge is 2.41. The van der Waals surface area contributed by atoms with Crippen LogP contribution in [0, 0.1) is 5.41 Å². The maximum absolute atomic E-state index is 13.7. The molecule has 4 rings (SSSR count). The number of hydrogen-bond donors (Lipinski definition) is 0. The predicted molar refractivity (Wildman–Crippen MR) is 158 cm³/mol. The van der Waals surface area contributed by atoms with Crippen LogP contribution in [0.15, 0.2) is 84.9 Å². The van der Waals surface area contributed by atoms with Crippen LogP contribution >= 0.6 is 0 Å². The first-order valence-corrected chi connectivity index (χ1v) is 14.5. The van der Waals surface area contributed by atoms with Gasteiger partial charge in [-0.2, -0.15) is 0 Å². The minimum absolute atomic E-state index is 0.110. The summed E-state index contributed by atoms with van der Waals surface area (Å²) < 4.78 is 6.15. The monoisotopic (exact) mass is 553 g/mol. The van der Waals surface area contributed by atoms with E-state index in [-0.39, 0.29) is 5.78 Å². The molecule has 6 nitrogen and oxygen atoms in total. The first-order valence-electron chi connectivity index (χ1n) is 14.5. The van der Waals surface area contributed by atoms with Gasteiger partial charge in [-0.25, -0.2) is 4.79 Å². The molecule has 2 atom stereocenters. The highest BCUT2D eigenvalue weighted by Crippen LogP contribution is 2.30. The van der Waals surface area contributed by atoms with E-state index in [0.717, 1.165) is 18.4 Å². The molecular weight excluding hydrogens is 514 g/mol. The van der Waals surface area contributed by atoms with Crippen LogP contribution in [0.5, 0.6) is 0 Å². The Labute approximate surface area is 242 Å². The maximum Gasteiger partial charge on any atom is 0.329 e. The van der Waals surface area contributed by atoms with Gasteiger partial charge in [-0.3, -0.25) is 14.4 Å². The van der Waals surface area contributed by atoms with Crippen molar-refractivity contribution in [1.29, 1.82) is 0 Å². The number of aryl methyl sites for hydroxylation is 1. The first-order chi connectivity index (χ1) is 19.7. The molecule has 3 aromatic carbocycles. The van der Waals surface area contributed by atoms with Crippen molar-refractivity contribution < 1.29 is 23.9 Å². The number of ketones is 2. The Balaban J connectivity index is 1.59. The molecule has 0 radical (unpaired) electrons. The van der Waals surface area contributed by atoms with Crippen LogP contribution in [0.1, 0.15) is 86.0 Å². The van der Waals surface area contributed by atoms with Crippen molar-refractivity contribution in [2.75, 3.05) is 6.54 Å². The lowest BCUT2D eigenvalue weighted by Gasteiger charge is -2.36. The second-order valence-corrected chi connectivity index (χ2v) is 11.3. The molecule has 1 heterocycles. The lowest BCUT2D eigenvalue weighted by molar-refractivity contribution is -0.164. The van der Waals surface area contributed by atoms with E-state index in [0.29, 0.717) is 48.9 Å². The van der Waals surface area contributed by atoms with E-state index in [4.69, 9.17) is 4.74 Å². The van der Waals surface area contributed by atoms with Gasteiger partial charge in [0.2, 0.25) is 5.78 Å². The van der Waals surface area contributed by atoms with Crippen LogP contribution in [0.2, 0.25) is 0 Å². The standard InChI is InChI=1S/C35H39NO5/c1-4-35(2,3)32(38)33(39)36-23-12-11-20-29(36)34(40)41-30(22-21-25-14-7-5-8-15-25)27-18-13-19-28(24-27)31(37)26-16-9-6-10-17-26/h5-10,13-19,24,29-30H,4,11-12,20-23H2,1-3H3/t29-,30+/m0/s1. The Morgan fingerprint density at radius 3 is 2.22 bits per heavy atom. The van der Waals surface area contributed by atoms with E-state index < -0.39 is 35.2 Å². The summed E-state index contributed by atoms with van der Waals surface area (Å²) in [4.78, 5) is 54.6. The quantitative estimate of drug-likeness (QED) is 0.153. The molecule has 3 aromatic rings. The van der Waals surface area contributed by atoms with E-state index in [1.165, 1.54) is 4.90 Å². The van der Waals surface area contributed by atoms with Crippen LogP contribution in [0.4, 0.5) is 0 Å². The molecule has 6 heteroatoms. The van der Waals surface area contributed by atoms with Gasteiger partial charge in [0.25, 0.3) is 5.91 Å². The van der Waals surface area contributed by atoms with Crippen molar-refractivity contribution in [3.05, 3.63) is 107 Å². The van der Waals surface area contributed by atoms with Crippen LogP contribution < -0.4 is 0 Å². The molecular formula is C35H39NO5. The van der Waals surface area contributed by atoms with Crippen LogP contribution in [-0.2, 0) is 25.5 Å². The zero-order chi connectivity index (χ0) is 29.4. The molecule has 0 N–H and O–H groups in total. The van der Waals surface area contributed by atoms with Crippen molar-refractivity contribution in [2.45, 2.75) is 71.4 Å². The molecule has 1 aliphatic rings. The predicted octanol–water partition coefficient (Wildman–Crippen LogP) is 6.52. The molecule has 0 aliphatic carbocycles. The molecule has 0 unspecified atom stereocenters. The van der Waals surface area contributed by atoms with Gasteiger partial charge in [-0.05, 0) is 55.7 Å². The highest BCUT2D eigenvalue weighted by molar-refractivity contribution is 6.38. The summed E-state index contributed by atoms with van der Waals surface area (Å²) >= 11 is 0. The van der Waals surface area contributed by atoms with Crippen molar-refractivity contribution in [1.82, 2.24) is 4.90 Å². The van der Waals surface area contributed by atoms with Gasteiger partial charge in [-0.1, -0.05) is 99.6 Å². The van der Waals surface area contributed by atoms with E-state index in [1.54, 1.807) is 44.2 Å². The summed E-state index contributed by atoms with van der Waals surface area (Å²) in [7, 11) is 0. The third-order valence-corrected chi connectivity index (χ3v) is 8.08. The second kappa shape index (κ2) is 13.5. The molecule has 41 heavy (non-hydrogen) atoms. The molecule has 214 valence electrons. The molecule has 0 spiro atoms. The van der Waals surface area contributed by atoms with Crippen LogP contribution in [0.25, 0.3) is 0 Å². The lowest BCUT2D eigenvalue weighted by Crippen LogP contribution is -2.53. The summed E-state index contributed by atoms with van der Waals surface area (Å²) in [6.45, 7) is 5.74. The molecule has 0 aromatic heterocycles. The van der Waals surface area contributed by atoms with E-state index in [9.17, 15) is 19.2 Å². The van der Waals surface area contributed by atoms with Gasteiger partial charge in [0.05, 0.1) is 0 Å². The minimum atomic E-state index is -0.818. The average Bonchev–Trinajstić information content (AvgIpc) is 3.02. The summed E-state index contributed by atoms with van der Waals surface area (Å²) in [6, 6.07) is 25.4. The lowest BCUT2D eigenvalue weighted by atomic mass is 9.84. The number of ether oxygens (including phenoxy) is 1. The third kappa shape index (κ3) is 7.37. The number of carbonyl (C=O) groups is 4. The topological polar surface area (TPSA) is 80.8 Å². The molecule has 1 amide bonds. The number of hydrogen-bond acceptors (Lipinski definition) is 5. The maximum atomic E-state index is 13.7. The Morgan fingerprint density at radius 1 is 0.878 bits per heavy atom. The number of amides is 1. The third-order valence-electron chi connectivity index (χ3n) is 8.08. The Hall–Kier alpha value is -4.06. The fourth-order valence-corrected chi connectivity index (χ4v) is 5.09. The Bertz CT molecular complexity index is 1370. The number of rotatable bonds is 11. The minimum Gasteiger partial charge on any atom is -0.456 e. The van der Waals surface area contributed by atoms with E-state index in [2.05, 4.69) is 0 Å². The highest BCUT2D eigenvalue weighted by atomic mass is 16.5. The van der Waals surface area contributed by atoms with Gasteiger partial charge in [0.1, 0.15) is 12.1 Å². The van der Waals surface area contributed by atoms with Gasteiger partial charge in [0, 0.05) is 23.1 Å². The van der Waals surface area contributed by atoms with Crippen molar-refractivity contribution in [3.63, 3.8) is 0 Å². The average molecular weight is 554 g/mol. The number of esters is 1. The summed E-state index contributed by atoms with van der Waals surface area (Å²) in [5.41, 5.74) is 2.11. The van der Waals surface area contributed by atoms with E-state index >= 15 is 0 Å². The van der Waals surface area contributed by atoms with E-state index in [1.807, 2.05) is 61.5 Å². The molecule has 0 bridgehead atoms. The molecule has 1 saturated heterocycles. The number of piperidine rings is 1. The fourth-order valence-electron chi connectivity index (χ4n) is 5.09. The molecule has 0 saturated carbocycles. The van der Waals surface area contributed by atoms with Gasteiger partial charge in [-0.15, -0.1) is 0 Å². The number of likely N-dealkylation sites (tertiary alicyclic amines) is 1. The van der Waals surface area contributed by atoms with Crippen LogP contribution in [-0.4, -0.2) is 40.9 Å². The van der Waals surface area contributed by atoms with Gasteiger partial charge in [0.15, 0.2) is 5.78 Å². The zero-order valence-electron chi connectivity index (χ0n) is 24.2. The Kier molecular flexibility index (Phi) is 9.87. The largest absolute Gasteiger partial charge is 0.456 e. The van der Waals surface area contributed by atoms with Crippen molar-refractivity contribution >= 4 is 23.4 Å². The van der Waals surface area contributed by atoms with Crippen molar-refractivity contribution in [2.24, 2.45) is 5.41 Å². The summed E-state index contributed by atoms with van der Waals surface area (Å²) in [5, 5.41) is 0. The van der Waals surface area contributed by atoms with Gasteiger partial charge >= 0.3 is 5.97 Å². The van der Waals surface area contributed by atoms with Crippen molar-refractivity contribution in [3.8, 4) is 0 Å². The Morgan fingerprint density at radius 2 is 1.54 bits per heavy atom. The number of carbonyl (C=O) groups excluding carboxylic acids is 4. The summed E-state index contributed by atoms with van der Waals surface area (Å²) in [5.74, 6) is -1.72. The molecule has 1 fully saturated rings.